The smallest absolute Gasteiger partial charge is 0.233 e. The highest BCUT2D eigenvalue weighted by atomic mass is 32.2. The molecule has 8 heteroatoms. The summed E-state index contributed by atoms with van der Waals surface area (Å²) in [7, 11) is 0. The molecule has 0 spiro atoms. The number of benzene rings is 1. The minimum absolute atomic E-state index is 0.0852. The van der Waals surface area contributed by atoms with Crippen molar-refractivity contribution in [3.05, 3.63) is 29.8 Å². The summed E-state index contributed by atoms with van der Waals surface area (Å²) in [4.78, 5) is 15.3. The van der Waals surface area contributed by atoms with Crippen LogP contribution in [0.15, 0.2) is 29.4 Å². The Balaban J connectivity index is 1.32. The molecular formula is C25H35N5O2S. The first kappa shape index (κ1) is 22.7. The molecule has 2 aromatic rings. The SMILES string of the molecule is Cc1cccc(-n2c(SC(C)C(=O)NC(C)C3CC4CCC3C4)nnc2N2CCOCC2)c1. The second kappa shape index (κ2) is 9.66. The maximum atomic E-state index is 13.1. The van der Waals surface area contributed by atoms with Crippen molar-refractivity contribution in [3.8, 4) is 5.69 Å². The van der Waals surface area contributed by atoms with Crippen LogP contribution >= 0.6 is 11.8 Å². The lowest BCUT2D eigenvalue weighted by Crippen LogP contribution is -2.43. The molecule has 7 nitrogen and oxygen atoms in total. The summed E-state index contributed by atoms with van der Waals surface area (Å²) in [5.41, 5.74) is 2.20. The van der Waals surface area contributed by atoms with E-state index in [1.807, 2.05) is 6.92 Å². The fraction of sp³-hybridized carbons (Fsp3) is 0.640. The van der Waals surface area contributed by atoms with E-state index in [4.69, 9.17) is 4.74 Å². The first-order valence-electron chi connectivity index (χ1n) is 12.3. The largest absolute Gasteiger partial charge is 0.378 e. The van der Waals surface area contributed by atoms with Gasteiger partial charge in [0.05, 0.1) is 24.2 Å². The molecule has 1 N–H and O–H groups in total. The highest BCUT2D eigenvalue weighted by Crippen LogP contribution is 2.49. The van der Waals surface area contributed by atoms with Crippen molar-refractivity contribution in [2.24, 2.45) is 17.8 Å². The maximum Gasteiger partial charge on any atom is 0.233 e. The molecular weight excluding hydrogens is 434 g/mol. The molecule has 2 bridgehead atoms. The van der Waals surface area contributed by atoms with Gasteiger partial charge in [-0.2, -0.15) is 0 Å². The number of amides is 1. The van der Waals surface area contributed by atoms with E-state index in [1.54, 1.807) is 0 Å². The van der Waals surface area contributed by atoms with Crippen molar-refractivity contribution in [2.75, 3.05) is 31.2 Å². The Morgan fingerprint density at radius 3 is 2.70 bits per heavy atom. The van der Waals surface area contributed by atoms with Crippen LogP contribution in [-0.4, -0.2) is 58.3 Å². The molecule has 1 amide bonds. The summed E-state index contributed by atoms with van der Waals surface area (Å²) < 4.78 is 7.62. The van der Waals surface area contributed by atoms with Crippen molar-refractivity contribution >= 4 is 23.6 Å². The number of fused-ring (bicyclic) bond motifs is 2. The van der Waals surface area contributed by atoms with Crippen LogP contribution in [0.25, 0.3) is 5.69 Å². The van der Waals surface area contributed by atoms with E-state index < -0.39 is 0 Å². The Bertz CT molecular complexity index is 989. The molecule has 178 valence electrons. The quantitative estimate of drug-likeness (QED) is 0.622. The molecule has 3 fully saturated rings. The van der Waals surface area contributed by atoms with Crippen LogP contribution < -0.4 is 10.2 Å². The second-order valence-electron chi connectivity index (χ2n) is 9.95. The minimum atomic E-state index is -0.253. The molecule has 2 saturated carbocycles. The molecule has 1 aliphatic heterocycles. The molecule has 1 aromatic carbocycles. The number of carbonyl (C=O) groups excluding carboxylic acids is 1. The van der Waals surface area contributed by atoms with Crippen LogP contribution in [0, 0.1) is 24.7 Å². The number of thioether (sulfide) groups is 1. The fourth-order valence-electron chi connectivity index (χ4n) is 5.87. The van der Waals surface area contributed by atoms with E-state index in [-0.39, 0.29) is 17.2 Å². The predicted molar refractivity (Wildman–Crippen MR) is 131 cm³/mol. The molecule has 2 aliphatic carbocycles. The first-order valence-corrected chi connectivity index (χ1v) is 13.2. The third-order valence-electron chi connectivity index (χ3n) is 7.63. The number of aromatic nitrogens is 3. The zero-order chi connectivity index (χ0) is 22.9. The lowest BCUT2D eigenvalue weighted by Gasteiger charge is -2.29. The Hall–Kier alpha value is -2.06. The van der Waals surface area contributed by atoms with Crippen LogP contribution in [0.5, 0.6) is 0 Å². The normalized spacial score (nSPS) is 26.4. The van der Waals surface area contributed by atoms with Gasteiger partial charge in [-0.1, -0.05) is 30.3 Å². The number of ether oxygens (including phenoxy) is 1. The summed E-state index contributed by atoms with van der Waals surface area (Å²) in [5, 5.41) is 12.9. The van der Waals surface area contributed by atoms with Gasteiger partial charge in [-0.3, -0.25) is 9.36 Å². The molecule has 5 rings (SSSR count). The topological polar surface area (TPSA) is 72.3 Å². The predicted octanol–water partition coefficient (Wildman–Crippen LogP) is 3.83. The zero-order valence-corrected chi connectivity index (χ0v) is 20.7. The minimum Gasteiger partial charge on any atom is -0.378 e. The molecule has 1 saturated heterocycles. The molecule has 2 heterocycles. The number of anilines is 1. The third-order valence-corrected chi connectivity index (χ3v) is 8.67. The monoisotopic (exact) mass is 469 g/mol. The van der Waals surface area contributed by atoms with E-state index in [9.17, 15) is 4.79 Å². The molecule has 5 unspecified atom stereocenters. The van der Waals surface area contributed by atoms with Crippen LogP contribution in [0.3, 0.4) is 0 Å². The molecule has 1 aromatic heterocycles. The number of nitrogens with one attached hydrogen (secondary N) is 1. The average Bonchev–Trinajstić information content (AvgIpc) is 3.55. The van der Waals surface area contributed by atoms with Gasteiger partial charge >= 0.3 is 0 Å². The van der Waals surface area contributed by atoms with Gasteiger partial charge in [0, 0.05) is 19.1 Å². The maximum absolute atomic E-state index is 13.1. The van der Waals surface area contributed by atoms with Crippen LogP contribution in [0.2, 0.25) is 0 Å². The Labute approximate surface area is 200 Å². The van der Waals surface area contributed by atoms with Crippen molar-refractivity contribution in [1.29, 1.82) is 0 Å². The van der Waals surface area contributed by atoms with E-state index >= 15 is 0 Å². The highest BCUT2D eigenvalue weighted by Gasteiger charge is 2.42. The molecule has 0 radical (unpaired) electrons. The Kier molecular flexibility index (Phi) is 6.65. The van der Waals surface area contributed by atoms with Crippen molar-refractivity contribution in [2.45, 2.75) is 62.9 Å². The zero-order valence-electron chi connectivity index (χ0n) is 19.9. The number of carbonyl (C=O) groups is 1. The van der Waals surface area contributed by atoms with E-state index in [2.05, 4.69) is 63.1 Å². The van der Waals surface area contributed by atoms with E-state index in [0.717, 1.165) is 41.7 Å². The molecule has 5 atom stereocenters. The van der Waals surface area contributed by atoms with Crippen LogP contribution in [-0.2, 0) is 9.53 Å². The van der Waals surface area contributed by atoms with E-state index in [1.165, 1.54) is 43.0 Å². The standard InChI is InChI=1S/C25H35N5O2S/c1-16-5-4-6-21(13-16)30-24(29-9-11-32-12-10-29)27-28-25(30)33-18(3)23(31)26-17(2)22-15-19-7-8-20(22)14-19/h4-6,13,17-20,22H,7-12,14-15H2,1-3H3,(H,26,31). The highest BCUT2D eigenvalue weighted by molar-refractivity contribution is 8.00. The summed E-state index contributed by atoms with van der Waals surface area (Å²) in [5.74, 6) is 3.22. The van der Waals surface area contributed by atoms with Gasteiger partial charge in [0.25, 0.3) is 0 Å². The number of hydrogen-bond acceptors (Lipinski definition) is 6. The van der Waals surface area contributed by atoms with Gasteiger partial charge in [-0.25, -0.2) is 0 Å². The van der Waals surface area contributed by atoms with Crippen molar-refractivity contribution in [3.63, 3.8) is 0 Å². The van der Waals surface area contributed by atoms with E-state index in [0.29, 0.717) is 19.1 Å². The van der Waals surface area contributed by atoms with Crippen molar-refractivity contribution in [1.82, 2.24) is 20.1 Å². The van der Waals surface area contributed by atoms with Crippen LogP contribution in [0.4, 0.5) is 5.95 Å². The lowest BCUT2D eigenvalue weighted by molar-refractivity contribution is -0.121. The number of aryl methyl sites for hydroxylation is 1. The van der Waals surface area contributed by atoms with Crippen molar-refractivity contribution < 1.29 is 9.53 Å². The first-order chi connectivity index (χ1) is 16.0. The molecule has 33 heavy (non-hydrogen) atoms. The van der Waals surface area contributed by atoms with Gasteiger partial charge < -0.3 is 15.0 Å². The number of morpholine rings is 1. The summed E-state index contributed by atoms with van der Waals surface area (Å²) in [6.07, 6.45) is 5.36. The fourth-order valence-corrected chi connectivity index (χ4v) is 6.74. The van der Waals surface area contributed by atoms with Gasteiger partial charge in [0.15, 0.2) is 5.16 Å². The van der Waals surface area contributed by atoms with Gasteiger partial charge in [0.1, 0.15) is 0 Å². The number of rotatable bonds is 7. The average molecular weight is 470 g/mol. The number of hydrogen-bond donors (Lipinski definition) is 1. The number of nitrogens with zero attached hydrogens (tertiary/aromatic N) is 4. The Morgan fingerprint density at radius 1 is 1.18 bits per heavy atom. The van der Waals surface area contributed by atoms with Gasteiger partial charge in [-0.15, -0.1) is 10.2 Å². The van der Waals surface area contributed by atoms with Crippen LogP contribution in [0.1, 0.15) is 45.1 Å². The second-order valence-corrected chi connectivity index (χ2v) is 11.3. The Morgan fingerprint density at radius 2 is 2.00 bits per heavy atom. The summed E-state index contributed by atoms with van der Waals surface area (Å²) in [6.45, 7) is 9.18. The lowest BCUT2D eigenvalue weighted by atomic mass is 9.84. The summed E-state index contributed by atoms with van der Waals surface area (Å²) >= 11 is 1.48. The summed E-state index contributed by atoms with van der Waals surface area (Å²) in [6, 6.07) is 8.58. The third kappa shape index (κ3) is 4.78. The van der Waals surface area contributed by atoms with Gasteiger partial charge in [0.2, 0.25) is 11.9 Å². The molecule has 3 aliphatic rings. The van der Waals surface area contributed by atoms with Gasteiger partial charge in [-0.05, 0) is 75.5 Å².